The monoisotopic (exact) mass is 490 g/mol. The van der Waals surface area contributed by atoms with Crippen molar-refractivity contribution in [1.29, 1.82) is 0 Å². The predicted octanol–water partition coefficient (Wildman–Crippen LogP) is 7.53. The normalized spacial score (nSPS) is 13.4. The molecule has 1 heterocycles. The highest BCUT2D eigenvalue weighted by molar-refractivity contribution is 6.15. The Bertz CT molecular complexity index is 1190. The number of methoxy groups -OCH3 is 2. The minimum Gasteiger partial charge on any atom is -0.508 e. The summed E-state index contributed by atoms with van der Waals surface area (Å²) in [5.74, 6) is 0.845. The Hall–Kier alpha value is -3.67. The van der Waals surface area contributed by atoms with Crippen molar-refractivity contribution in [2.24, 2.45) is 0 Å². The number of carbonyl (C=O) groups is 1. The summed E-state index contributed by atoms with van der Waals surface area (Å²) in [5, 5.41) is 13.7. The van der Waals surface area contributed by atoms with Crippen molar-refractivity contribution >= 4 is 23.0 Å². The second-order valence-corrected chi connectivity index (χ2v) is 9.43. The third-order valence-corrected chi connectivity index (χ3v) is 6.29. The zero-order valence-electron chi connectivity index (χ0n) is 22.3. The molecular weight excluding hydrogens is 452 g/mol. The third kappa shape index (κ3) is 6.51. The molecule has 0 saturated carbocycles. The molecule has 0 atom stereocenters. The summed E-state index contributed by atoms with van der Waals surface area (Å²) in [6.45, 7) is 8.90. The summed E-state index contributed by atoms with van der Waals surface area (Å²) in [7, 11) is 3.11. The van der Waals surface area contributed by atoms with E-state index in [4.69, 9.17) is 9.47 Å². The number of benzene rings is 2. The Kier molecular flexibility index (Phi) is 9.23. The van der Waals surface area contributed by atoms with Crippen LogP contribution in [0, 0.1) is 0 Å². The van der Waals surface area contributed by atoms with Crippen molar-refractivity contribution in [2.75, 3.05) is 31.0 Å². The second-order valence-electron chi connectivity index (χ2n) is 9.43. The number of aromatic hydroxyl groups is 1. The van der Waals surface area contributed by atoms with Gasteiger partial charge in [-0.15, -0.1) is 0 Å². The van der Waals surface area contributed by atoms with E-state index >= 15 is 0 Å². The topological polar surface area (TPSA) is 71.0 Å². The Morgan fingerprint density at radius 1 is 0.917 bits per heavy atom. The minimum absolute atomic E-state index is 0.0255. The highest BCUT2D eigenvalue weighted by Gasteiger charge is 2.30. The Balaban J connectivity index is 1.85. The lowest BCUT2D eigenvalue weighted by atomic mass is 10.1. The molecule has 0 bridgehead atoms. The third-order valence-electron chi connectivity index (χ3n) is 6.29. The predicted molar refractivity (Wildman–Crippen MR) is 148 cm³/mol. The van der Waals surface area contributed by atoms with Crippen LogP contribution in [0.25, 0.3) is 0 Å². The van der Waals surface area contributed by atoms with E-state index in [1.54, 1.807) is 36.3 Å². The maximum atomic E-state index is 13.7. The Morgan fingerprint density at radius 3 is 2.25 bits per heavy atom. The van der Waals surface area contributed by atoms with E-state index in [9.17, 15) is 9.90 Å². The van der Waals surface area contributed by atoms with Crippen LogP contribution in [0.1, 0.15) is 63.7 Å². The van der Waals surface area contributed by atoms with Crippen molar-refractivity contribution < 1.29 is 19.4 Å². The molecule has 192 valence electrons. The molecule has 0 aliphatic carbocycles. The van der Waals surface area contributed by atoms with Gasteiger partial charge >= 0.3 is 0 Å². The molecule has 6 nitrogen and oxygen atoms in total. The van der Waals surface area contributed by atoms with E-state index < -0.39 is 0 Å². The number of fused-ring (bicyclic) bond motifs is 2. The molecule has 2 N–H and O–H groups in total. The molecule has 3 rings (SSSR count). The summed E-state index contributed by atoms with van der Waals surface area (Å²) in [5.41, 5.74) is 6.18. The number of phenolic OH excluding ortho intramolecular Hbond substituents is 1. The number of amides is 1. The zero-order chi connectivity index (χ0) is 26.2. The van der Waals surface area contributed by atoms with Crippen LogP contribution in [-0.4, -0.2) is 31.8 Å². The smallest absolute Gasteiger partial charge is 0.260 e. The van der Waals surface area contributed by atoms with Gasteiger partial charge in [-0.05, 0) is 65.5 Å². The number of rotatable bonds is 10. The minimum atomic E-state index is -0.179. The fourth-order valence-electron chi connectivity index (χ4n) is 4.24. The lowest BCUT2D eigenvalue weighted by Gasteiger charge is -2.23. The van der Waals surface area contributed by atoms with E-state index in [1.165, 1.54) is 29.9 Å². The van der Waals surface area contributed by atoms with Crippen molar-refractivity contribution in [2.45, 2.75) is 53.4 Å². The first-order valence-electron chi connectivity index (χ1n) is 12.4. The first kappa shape index (κ1) is 26.9. The van der Waals surface area contributed by atoms with Crippen molar-refractivity contribution in [3.63, 3.8) is 0 Å². The summed E-state index contributed by atoms with van der Waals surface area (Å²) in [6.07, 6.45) is 10.7. The van der Waals surface area contributed by atoms with Gasteiger partial charge in [-0.3, -0.25) is 4.79 Å². The molecule has 0 fully saturated rings. The number of para-hydroxylation sites is 1. The average molecular weight is 491 g/mol. The van der Waals surface area contributed by atoms with Crippen LogP contribution in [0.5, 0.6) is 17.2 Å². The molecule has 0 radical (unpaired) electrons. The zero-order valence-corrected chi connectivity index (χ0v) is 22.3. The van der Waals surface area contributed by atoms with E-state index in [0.29, 0.717) is 40.7 Å². The highest BCUT2D eigenvalue weighted by atomic mass is 16.5. The van der Waals surface area contributed by atoms with E-state index in [2.05, 4.69) is 51.2 Å². The molecule has 0 spiro atoms. The number of hydrogen-bond donors (Lipinski definition) is 2. The number of nitrogens with zero attached hydrogens (tertiary/aromatic N) is 1. The molecule has 6 heteroatoms. The van der Waals surface area contributed by atoms with Crippen molar-refractivity contribution in [3.8, 4) is 17.2 Å². The van der Waals surface area contributed by atoms with Gasteiger partial charge in [-0.2, -0.15) is 0 Å². The Morgan fingerprint density at radius 2 is 1.58 bits per heavy atom. The van der Waals surface area contributed by atoms with Gasteiger partial charge in [0.05, 0.1) is 31.2 Å². The van der Waals surface area contributed by atoms with Gasteiger partial charge in [0.2, 0.25) is 0 Å². The summed E-state index contributed by atoms with van der Waals surface area (Å²) in [4.78, 5) is 15.4. The molecule has 36 heavy (non-hydrogen) atoms. The van der Waals surface area contributed by atoms with Gasteiger partial charge in [0.15, 0.2) is 0 Å². The lowest BCUT2D eigenvalue weighted by molar-refractivity contribution is 0.0991. The number of nitrogens with one attached hydrogen (secondary N) is 1. The molecule has 1 amide bonds. The van der Waals surface area contributed by atoms with Gasteiger partial charge in [-0.25, -0.2) is 0 Å². The SMILES string of the molecule is COc1cccc2c1Nc1c(OC)cc(O)cc1N(CC=C(C)CCC=C(C)CCC=C(C)C)C2=O. The number of carbonyl (C=O) groups excluding carboxylic acids is 1. The fraction of sp³-hybridized carbons (Fsp3) is 0.367. The van der Waals surface area contributed by atoms with Gasteiger partial charge in [0.25, 0.3) is 5.91 Å². The first-order chi connectivity index (χ1) is 17.2. The number of allylic oxidation sites excluding steroid dienone is 5. The largest absolute Gasteiger partial charge is 0.508 e. The van der Waals surface area contributed by atoms with E-state index in [-0.39, 0.29) is 11.7 Å². The molecule has 0 saturated heterocycles. The molecule has 1 aliphatic rings. The molecule has 0 unspecified atom stereocenters. The standard InChI is InChI=1S/C30H38N2O4/c1-20(2)10-7-11-21(3)12-8-13-22(4)16-17-32-25-18-23(33)19-27(36-6)29(25)31-28-24(30(32)34)14-9-15-26(28)35-5/h9-10,12,14-16,18-19,31,33H,7-8,11,13,17H2,1-6H3. The van der Waals surface area contributed by atoms with Gasteiger partial charge < -0.3 is 24.8 Å². The van der Waals surface area contributed by atoms with Crippen LogP contribution >= 0.6 is 0 Å². The molecular formula is C30H38N2O4. The summed E-state index contributed by atoms with van der Waals surface area (Å²) >= 11 is 0. The van der Waals surface area contributed by atoms with Crippen LogP contribution in [0.15, 0.2) is 65.3 Å². The van der Waals surface area contributed by atoms with Crippen LogP contribution in [0.2, 0.25) is 0 Å². The Labute approximate surface area is 214 Å². The number of ether oxygens (including phenoxy) is 2. The van der Waals surface area contributed by atoms with Crippen molar-refractivity contribution in [3.05, 3.63) is 70.8 Å². The van der Waals surface area contributed by atoms with Crippen molar-refractivity contribution in [1.82, 2.24) is 0 Å². The quantitative estimate of drug-likeness (QED) is 0.266. The molecule has 0 aromatic heterocycles. The molecule has 2 aromatic carbocycles. The number of anilines is 3. The summed E-state index contributed by atoms with van der Waals surface area (Å²) < 4.78 is 11.1. The van der Waals surface area contributed by atoms with E-state index in [1.807, 2.05) is 0 Å². The average Bonchev–Trinajstić information content (AvgIpc) is 2.96. The number of hydrogen-bond acceptors (Lipinski definition) is 5. The fourth-order valence-corrected chi connectivity index (χ4v) is 4.24. The first-order valence-corrected chi connectivity index (χ1v) is 12.4. The van der Waals surface area contributed by atoms with Crippen LogP contribution in [0.3, 0.4) is 0 Å². The van der Waals surface area contributed by atoms with Gasteiger partial charge in [0.1, 0.15) is 22.9 Å². The molecule has 2 aromatic rings. The van der Waals surface area contributed by atoms with Gasteiger partial charge in [-0.1, -0.05) is 41.0 Å². The highest BCUT2D eigenvalue weighted by Crippen LogP contribution is 2.46. The van der Waals surface area contributed by atoms with Crippen LogP contribution in [-0.2, 0) is 0 Å². The second kappa shape index (κ2) is 12.3. The molecule has 1 aliphatic heterocycles. The maximum absolute atomic E-state index is 13.7. The number of phenols is 1. The lowest BCUT2D eigenvalue weighted by Crippen LogP contribution is -2.30. The van der Waals surface area contributed by atoms with Gasteiger partial charge in [0, 0.05) is 18.7 Å². The van der Waals surface area contributed by atoms with Crippen LogP contribution in [0.4, 0.5) is 17.1 Å². The summed E-state index contributed by atoms with van der Waals surface area (Å²) in [6, 6.07) is 8.50. The van der Waals surface area contributed by atoms with E-state index in [0.717, 1.165) is 25.7 Å². The maximum Gasteiger partial charge on any atom is 0.260 e. The van der Waals surface area contributed by atoms with Crippen LogP contribution < -0.4 is 19.7 Å².